The Hall–Kier alpha value is -2.17. The van der Waals surface area contributed by atoms with Crippen molar-refractivity contribution in [1.29, 1.82) is 0 Å². The zero-order valence-electron chi connectivity index (χ0n) is 11.6. The summed E-state index contributed by atoms with van der Waals surface area (Å²) in [6.45, 7) is 2.20. The van der Waals surface area contributed by atoms with Gasteiger partial charge in [0.25, 0.3) is 0 Å². The summed E-state index contributed by atoms with van der Waals surface area (Å²) >= 11 is 0. The van der Waals surface area contributed by atoms with Crippen LogP contribution in [0.4, 0.5) is 20.3 Å². The van der Waals surface area contributed by atoms with Gasteiger partial charge in [0.15, 0.2) is 17.5 Å². The molecule has 0 aliphatic carbocycles. The highest BCUT2D eigenvalue weighted by molar-refractivity contribution is 5.65. The number of nitrogens with one attached hydrogen (secondary N) is 1. The predicted molar refractivity (Wildman–Crippen MR) is 79.4 cm³/mol. The minimum atomic E-state index is -0.819. The van der Waals surface area contributed by atoms with Gasteiger partial charge in [-0.15, -0.1) is 0 Å². The molecular weight excluding hydrogens is 272 g/mol. The van der Waals surface area contributed by atoms with Gasteiger partial charge in [0.2, 0.25) is 0 Å². The number of aromatic nitrogens is 1. The van der Waals surface area contributed by atoms with Gasteiger partial charge in [0, 0.05) is 31.4 Å². The molecule has 2 aromatic rings. The molecule has 1 N–H and O–H groups in total. The molecule has 1 saturated heterocycles. The molecule has 3 rings (SSSR count). The van der Waals surface area contributed by atoms with E-state index in [1.165, 1.54) is 6.07 Å². The zero-order chi connectivity index (χ0) is 14.7. The summed E-state index contributed by atoms with van der Waals surface area (Å²) < 4.78 is 26.9. The number of nitrogens with zero attached hydrogens (tertiary/aromatic N) is 2. The molecule has 21 heavy (non-hydrogen) atoms. The maximum atomic E-state index is 13.7. The summed E-state index contributed by atoms with van der Waals surface area (Å²) in [7, 11) is 0. The molecule has 5 heteroatoms. The fourth-order valence-electron chi connectivity index (χ4n) is 2.59. The van der Waals surface area contributed by atoms with Crippen molar-refractivity contribution in [2.75, 3.05) is 23.3 Å². The third kappa shape index (κ3) is 2.96. The van der Waals surface area contributed by atoms with E-state index in [-0.39, 0.29) is 6.54 Å². The Morgan fingerprint density at radius 2 is 1.90 bits per heavy atom. The summed E-state index contributed by atoms with van der Waals surface area (Å²) in [6.07, 6.45) is 4.07. The Morgan fingerprint density at radius 1 is 1.10 bits per heavy atom. The Bertz CT molecular complexity index is 625. The van der Waals surface area contributed by atoms with Gasteiger partial charge in [-0.2, -0.15) is 0 Å². The van der Waals surface area contributed by atoms with Gasteiger partial charge in [-0.1, -0.05) is 12.1 Å². The molecule has 0 amide bonds. The van der Waals surface area contributed by atoms with Crippen LogP contribution in [0.15, 0.2) is 36.5 Å². The molecule has 0 unspecified atom stereocenters. The molecule has 3 nitrogen and oxygen atoms in total. The van der Waals surface area contributed by atoms with Crippen LogP contribution < -0.4 is 10.2 Å². The molecule has 0 radical (unpaired) electrons. The maximum Gasteiger partial charge on any atom is 0.163 e. The lowest BCUT2D eigenvalue weighted by atomic mass is 10.2. The van der Waals surface area contributed by atoms with Crippen molar-refractivity contribution < 1.29 is 8.78 Å². The van der Waals surface area contributed by atoms with Crippen LogP contribution in [0.2, 0.25) is 0 Å². The van der Waals surface area contributed by atoms with Crippen LogP contribution in [-0.2, 0) is 6.54 Å². The first-order chi connectivity index (χ1) is 10.3. The second kappa shape index (κ2) is 6.08. The van der Waals surface area contributed by atoms with E-state index in [2.05, 4.69) is 15.2 Å². The largest absolute Gasteiger partial charge is 0.378 e. The lowest BCUT2D eigenvalue weighted by Gasteiger charge is -2.20. The van der Waals surface area contributed by atoms with Gasteiger partial charge >= 0.3 is 0 Å². The van der Waals surface area contributed by atoms with Gasteiger partial charge in [-0.3, -0.25) is 0 Å². The van der Waals surface area contributed by atoms with Crippen LogP contribution in [0.25, 0.3) is 0 Å². The third-order valence-electron chi connectivity index (χ3n) is 3.69. The molecule has 0 spiro atoms. The van der Waals surface area contributed by atoms with Gasteiger partial charge in [0.1, 0.15) is 0 Å². The standard InChI is InChI=1S/C16H17F2N3/c17-13-6-3-5-12(15(13)18)11-20-14-7-4-8-19-16(14)21-9-1-2-10-21/h3-8,20H,1-2,9-11H2. The summed E-state index contributed by atoms with van der Waals surface area (Å²) in [4.78, 5) is 6.62. The SMILES string of the molecule is Fc1cccc(CNc2cccnc2N2CCCC2)c1F. The number of benzene rings is 1. The molecule has 0 atom stereocenters. The van der Waals surface area contributed by atoms with Gasteiger partial charge in [-0.05, 0) is 31.0 Å². The van der Waals surface area contributed by atoms with E-state index in [4.69, 9.17) is 0 Å². The predicted octanol–water partition coefficient (Wildman–Crippen LogP) is 3.57. The maximum absolute atomic E-state index is 13.7. The van der Waals surface area contributed by atoms with Crippen LogP contribution >= 0.6 is 0 Å². The highest BCUT2D eigenvalue weighted by Gasteiger charge is 2.17. The number of anilines is 2. The zero-order valence-corrected chi connectivity index (χ0v) is 11.6. The molecular formula is C16H17F2N3. The molecule has 110 valence electrons. The molecule has 1 aliphatic rings. The lowest BCUT2D eigenvalue weighted by Crippen LogP contribution is -2.20. The monoisotopic (exact) mass is 289 g/mol. The Kier molecular flexibility index (Phi) is 3.99. The fourth-order valence-corrected chi connectivity index (χ4v) is 2.59. The first kappa shape index (κ1) is 13.8. The van der Waals surface area contributed by atoms with Gasteiger partial charge in [0.05, 0.1) is 5.69 Å². The summed E-state index contributed by atoms with van der Waals surface area (Å²) in [6, 6.07) is 7.97. The first-order valence-electron chi connectivity index (χ1n) is 7.12. The summed E-state index contributed by atoms with van der Waals surface area (Å²) in [5.41, 5.74) is 1.16. The normalized spacial score (nSPS) is 14.5. The quantitative estimate of drug-likeness (QED) is 0.932. The Morgan fingerprint density at radius 3 is 2.71 bits per heavy atom. The minimum absolute atomic E-state index is 0.232. The molecule has 1 aromatic heterocycles. The van der Waals surface area contributed by atoms with E-state index in [0.717, 1.165) is 43.5 Å². The van der Waals surface area contributed by atoms with E-state index >= 15 is 0 Å². The van der Waals surface area contributed by atoms with E-state index in [1.807, 2.05) is 12.1 Å². The second-order valence-electron chi connectivity index (χ2n) is 5.14. The summed E-state index contributed by atoms with van der Waals surface area (Å²) in [5.74, 6) is -0.733. The van der Waals surface area contributed by atoms with Crippen molar-refractivity contribution in [3.63, 3.8) is 0 Å². The van der Waals surface area contributed by atoms with Crippen molar-refractivity contribution in [1.82, 2.24) is 4.98 Å². The average molecular weight is 289 g/mol. The van der Waals surface area contributed by atoms with Gasteiger partial charge < -0.3 is 10.2 Å². The number of hydrogen-bond donors (Lipinski definition) is 1. The van der Waals surface area contributed by atoms with E-state index in [1.54, 1.807) is 12.3 Å². The van der Waals surface area contributed by atoms with Crippen molar-refractivity contribution in [2.24, 2.45) is 0 Å². The van der Waals surface area contributed by atoms with Crippen LogP contribution in [0, 0.1) is 11.6 Å². The Balaban J connectivity index is 1.77. The smallest absolute Gasteiger partial charge is 0.163 e. The number of pyridine rings is 1. The van der Waals surface area contributed by atoms with Crippen LogP contribution in [0.5, 0.6) is 0 Å². The van der Waals surface area contributed by atoms with Crippen LogP contribution in [-0.4, -0.2) is 18.1 Å². The van der Waals surface area contributed by atoms with E-state index in [0.29, 0.717) is 5.56 Å². The first-order valence-corrected chi connectivity index (χ1v) is 7.12. The van der Waals surface area contributed by atoms with Crippen LogP contribution in [0.3, 0.4) is 0 Å². The van der Waals surface area contributed by atoms with Crippen LogP contribution in [0.1, 0.15) is 18.4 Å². The lowest BCUT2D eigenvalue weighted by molar-refractivity contribution is 0.500. The average Bonchev–Trinajstić information content (AvgIpc) is 3.03. The second-order valence-corrected chi connectivity index (χ2v) is 5.14. The highest BCUT2D eigenvalue weighted by Crippen LogP contribution is 2.26. The minimum Gasteiger partial charge on any atom is -0.378 e. The van der Waals surface area contributed by atoms with E-state index in [9.17, 15) is 8.78 Å². The molecule has 1 aromatic carbocycles. The molecule has 2 heterocycles. The number of hydrogen-bond acceptors (Lipinski definition) is 3. The third-order valence-corrected chi connectivity index (χ3v) is 3.69. The Labute approximate surface area is 122 Å². The van der Waals surface area contributed by atoms with Crippen molar-refractivity contribution in [3.05, 3.63) is 53.7 Å². The topological polar surface area (TPSA) is 28.2 Å². The van der Waals surface area contributed by atoms with Gasteiger partial charge in [-0.25, -0.2) is 13.8 Å². The van der Waals surface area contributed by atoms with Crippen molar-refractivity contribution in [2.45, 2.75) is 19.4 Å². The summed E-state index contributed by atoms with van der Waals surface area (Å²) in [5, 5.41) is 3.16. The molecule has 0 saturated carbocycles. The molecule has 1 fully saturated rings. The van der Waals surface area contributed by atoms with E-state index < -0.39 is 11.6 Å². The van der Waals surface area contributed by atoms with Crippen molar-refractivity contribution in [3.8, 4) is 0 Å². The highest BCUT2D eigenvalue weighted by atomic mass is 19.2. The molecule has 1 aliphatic heterocycles. The van der Waals surface area contributed by atoms with Crippen molar-refractivity contribution >= 4 is 11.5 Å². The number of rotatable bonds is 4. The molecule has 0 bridgehead atoms. The fraction of sp³-hybridized carbons (Fsp3) is 0.312. The number of halogens is 2.